The van der Waals surface area contributed by atoms with Gasteiger partial charge in [-0.25, -0.2) is 4.79 Å². The number of aromatic nitrogens is 1. The van der Waals surface area contributed by atoms with Crippen molar-refractivity contribution < 1.29 is 9.53 Å². The van der Waals surface area contributed by atoms with Gasteiger partial charge in [0.2, 0.25) is 0 Å². The van der Waals surface area contributed by atoms with Gasteiger partial charge in [0.05, 0.1) is 23.1 Å². The molecule has 140 valence electrons. The predicted molar refractivity (Wildman–Crippen MR) is 105 cm³/mol. The number of hydrogen-bond acceptors (Lipinski definition) is 5. The van der Waals surface area contributed by atoms with E-state index in [0.29, 0.717) is 18.8 Å². The summed E-state index contributed by atoms with van der Waals surface area (Å²) in [4.78, 5) is 16.3. The summed E-state index contributed by atoms with van der Waals surface area (Å²) in [5.74, 6) is 0. The molecule has 1 aromatic heterocycles. The standard InChI is InChI=1S/C20H28N4O2/c1-19(2,3)26-18(25)24-11-20(4,5)10-23-17-14(21)9-22-15-8-12-6-13(7-12)16(15)17/h6,8-9H,7,10-11,21H2,1-5H3,(H,22,23)(H,24,25). The number of rotatable bonds is 5. The fraction of sp³-hybridized carbons (Fsp3) is 0.500. The van der Waals surface area contributed by atoms with Gasteiger partial charge in [0.25, 0.3) is 0 Å². The fourth-order valence-electron chi connectivity index (χ4n) is 3.02. The molecule has 4 N–H and O–H groups in total. The molecule has 4 rings (SSSR count). The molecule has 6 nitrogen and oxygen atoms in total. The lowest BCUT2D eigenvalue weighted by molar-refractivity contribution is 0.0508. The molecule has 0 radical (unpaired) electrons. The molecule has 0 spiro atoms. The van der Waals surface area contributed by atoms with E-state index in [4.69, 9.17) is 10.5 Å². The first-order chi connectivity index (χ1) is 12.0. The lowest BCUT2D eigenvalue weighted by Crippen LogP contribution is -2.40. The number of amides is 1. The van der Waals surface area contributed by atoms with Gasteiger partial charge in [0, 0.05) is 18.5 Å². The summed E-state index contributed by atoms with van der Waals surface area (Å²) in [6, 6.07) is 4.30. The zero-order chi connectivity index (χ0) is 19.1. The van der Waals surface area contributed by atoms with E-state index in [2.05, 4.69) is 41.6 Å². The highest BCUT2D eigenvalue weighted by atomic mass is 16.6. The van der Waals surface area contributed by atoms with Gasteiger partial charge in [-0.1, -0.05) is 19.9 Å². The van der Waals surface area contributed by atoms with Crippen LogP contribution in [0, 0.1) is 5.41 Å². The number of benzene rings is 1. The molecule has 0 unspecified atom stereocenters. The minimum absolute atomic E-state index is 0.177. The summed E-state index contributed by atoms with van der Waals surface area (Å²) in [5, 5.41) is 7.43. The Hall–Kier alpha value is -2.50. The number of carbonyl (C=O) groups is 1. The molecule has 2 aromatic rings. The van der Waals surface area contributed by atoms with Crippen molar-refractivity contribution in [1.29, 1.82) is 0 Å². The second-order valence-electron chi connectivity index (χ2n) is 8.79. The second-order valence-corrected chi connectivity index (χ2v) is 8.79. The van der Waals surface area contributed by atoms with Gasteiger partial charge in [-0.3, -0.25) is 4.98 Å². The molecule has 26 heavy (non-hydrogen) atoms. The zero-order valence-corrected chi connectivity index (χ0v) is 16.2. The third-order valence-corrected chi connectivity index (χ3v) is 4.39. The van der Waals surface area contributed by atoms with Crippen LogP contribution in [0.15, 0.2) is 18.3 Å². The maximum Gasteiger partial charge on any atom is 0.407 e. The van der Waals surface area contributed by atoms with Crippen LogP contribution in [0.4, 0.5) is 16.2 Å². The summed E-state index contributed by atoms with van der Waals surface area (Å²) in [6.07, 6.45) is 2.29. The SMILES string of the molecule is CC(C)(CNC(=O)OC(C)(C)C)CNc1c(N)cnc2cc3cc(c12)C3. The molecule has 0 atom stereocenters. The highest BCUT2D eigenvalue weighted by Crippen LogP contribution is 2.38. The van der Waals surface area contributed by atoms with Crippen molar-refractivity contribution in [2.24, 2.45) is 5.41 Å². The van der Waals surface area contributed by atoms with E-state index in [1.54, 1.807) is 6.20 Å². The quantitative estimate of drug-likeness (QED) is 0.649. The molecule has 0 saturated heterocycles. The molecular formula is C20H28N4O2. The molecule has 1 amide bonds. The summed E-state index contributed by atoms with van der Waals surface area (Å²) in [7, 11) is 0. The first-order valence-electron chi connectivity index (χ1n) is 8.95. The van der Waals surface area contributed by atoms with E-state index in [-0.39, 0.29) is 5.41 Å². The van der Waals surface area contributed by atoms with Crippen LogP contribution in [0.1, 0.15) is 45.7 Å². The van der Waals surface area contributed by atoms with Gasteiger partial charge in [0.15, 0.2) is 0 Å². The Morgan fingerprint density at radius 2 is 1.92 bits per heavy atom. The van der Waals surface area contributed by atoms with Crippen molar-refractivity contribution >= 4 is 28.4 Å². The van der Waals surface area contributed by atoms with Gasteiger partial charge in [-0.15, -0.1) is 0 Å². The number of nitrogens with two attached hydrogens (primary N) is 1. The molecule has 1 heterocycles. The number of hydrogen-bond donors (Lipinski definition) is 3. The molecule has 2 aliphatic rings. The average Bonchev–Trinajstić information content (AvgIpc) is 2.49. The number of nitrogen functional groups attached to an aromatic ring is 1. The van der Waals surface area contributed by atoms with Crippen LogP contribution in [0.3, 0.4) is 0 Å². The molecular weight excluding hydrogens is 328 g/mol. The van der Waals surface area contributed by atoms with E-state index in [1.165, 1.54) is 11.1 Å². The Labute approximate surface area is 154 Å². The van der Waals surface area contributed by atoms with Crippen molar-refractivity contribution in [3.05, 3.63) is 29.5 Å². The van der Waals surface area contributed by atoms with Crippen LogP contribution in [0.25, 0.3) is 10.9 Å². The first kappa shape index (κ1) is 18.3. The Morgan fingerprint density at radius 1 is 1.23 bits per heavy atom. The third-order valence-electron chi connectivity index (χ3n) is 4.39. The molecule has 1 aromatic carbocycles. The zero-order valence-electron chi connectivity index (χ0n) is 16.2. The number of anilines is 2. The third kappa shape index (κ3) is 4.00. The van der Waals surface area contributed by atoms with Crippen LogP contribution in [0.2, 0.25) is 0 Å². The van der Waals surface area contributed by atoms with E-state index >= 15 is 0 Å². The number of nitrogens with one attached hydrogen (secondary N) is 2. The van der Waals surface area contributed by atoms with E-state index in [9.17, 15) is 4.79 Å². The number of pyridine rings is 1. The van der Waals surface area contributed by atoms with E-state index in [0.717, 1.165) is 23.0 Å². The molecule has 6 heteroatoms. The van der Waals surface area contributed by atoms with E-state index in [1.807, 2.05) is 20.8 Å². The summed E-state index contributed by atoms with van der Waals surface area (Å²) in [5.41, 5.74) is 10.7. The van der Waals surface area contributed by atoms with Gasteiger partial charge in [-0.05, 0) is 49.8 Å². The number of alkyl carbamates (subject to hydrolysis) is 1. The van der Waals surface area contributed by atoms with Gasteiger partial charge < -0.3 is 21.1 Å². The van der Waals surface area contributed by atoms with Gasteiger partial charge >= 0.3 is 6.09 Å². The Morgan fingerprint density at radius 3 is 2.58 bits per heavy atom. The van der Waals surface area contributed by atoms with Crippen LogP contribution >= 0.6 is 0 Å². The van der Waals surface area contributed by atoms with Crippen molar-refractivity contribution in [3.63, 3.8) is 0 Å². The van der Waals surface area contributed by atoms with Crippen LogP contribution < -0.4 is 16.4 Å². The number of nitrogens with zero attached hydrogens (tertiary/aromatic N) is 1. The van der Waals surface area contributed by atoms with Crippen LogP contribution in [-0.4, -0.2) is 29.8 Å². The normalized spacial score (nSPS) is 13.3. The topological polar surface area (TPSA) is 89.3 Å². The van der Waals surface area contributed by atoms with E-state index < -0.39 is 11.7 Å². The molecule has 2 aliphatic carbocycles. The number of carbonyl (C=O) groups excluding carboxylic acids is 1. The minimum atomic E-state index is -0.500. The summed E-state index contributed by atoms with van der Waals surface area (Å²) in [6.45, 7) is 10.9. The average molecular weight is 356 g/mol. The minimum Gasteiger partial charge on any atom is -0.444 e. The lowest BCUT2D eigenvalue weighted by atomic mass is 9.87. The fourth-order valence-corrected chi connectivity index (χ4v) is 3.02. The maximum atomic E-state index is 11.9. The highest BCUT2D eigenvalue weighted by Gasteiger charge is 2.24. The number of ether oxygens (including phenoxy) is 1. The van der Waals surface area contributed by atoms with Crippen molar-refractivity contribution in [3.8, 4) is 0 Å². The van der Waals surface area contributed by atoms with Crippen molar-refractivity contribution in [2.75, 3.05) is 24.1 Å². The molecule has 2 bridgehead atoms. The molecule has 0 aliphatic heterocycles. The molecule has 0 fully saturated rings. The first-order valence-corrected chi connectivity index (χ1v) is 8.95. The molecule has 0 saturated carbocycles. The van der Waals surface area contributed by atoms with Crippen molar-refractivity contribution in [1.82, 2.24) is 10.3 Å². The van der Waals surface area contributed by atoms with Crippen LogP contribution in [0.5, 0.6) is 0 Å². The Bertz CT molecular complexity index is 853. The second kappa shape index (κ2) is 6.34. The van der Waals surface area contributed by atoms with Crippen LogP contribution in [-0.2, 0) is 11.2 Å². The monoisotopic (exact) mass is 356 g/mol. The smallest absolute Gasteiger partial charge is 0.407 e. The maximum absolute atomic E-state index is 11.9. The van der Waals surface area contributed by atoms with Gasteiger partial charge in [0.1, 0.15) is 5.60 Å². The predicted octanol–water partition coefficient (Wildman–Crippen LogP) is 3.68. The highest BCUT2D eigenvalue weighted by molar-refractivity contribution is 6.01. The Balaban J connectivity index is 1.66. The summed E-state index contributed by atoms with van der Waals surface area (Å²) >= 11 is 0. The summed E-state index contributed by atoms with van der Waals surface area (Å²) < 4.78 is 5.30. The van der Waals surface area contributed by atoms with Crippen molar-refractivity contribution in [2.45, 2.75) is 46.6 Å². The van der Waals surface area contributed by atoms with Gasteiger partial charge in [-0.2, -0.15) is 0 Å². The largest absolute Gasteiger partial charge is 0.444 e. The lowest BCUT2D eigenvalue weighted by Gasteiger charge is -2.28. The Kier molecular flexibility index (Phi) is 4.46.